The van der Waals surface area contributed by atoms with Gasteiger partial charge >= 0.3 is 6.03 Å². The monoisotopic (exact) mass is 687 g/mol. The Morgan fingerprint density at radius 1 is 0.870 bits per heavy atom. The fraction of sp³-hybridized carbons (Fsp3) is 0.424. The van der Waals surface area contributed by atoms with E-state index in [-0.39, 0.29) is 17.7 Å². The lowest BCUT2D eigenvalue weighted by Crippen LogP contribution is -2.60. The predicted octanol–water partition coefficient (Wildman–Crippen LogP) is 5.47. The Kier molecular flexibility index (Phi) is 9.89. The minimum absolute atomic E-state index is 0.139. The highest BCUT2D eigenvalue weighted by molar-refractivity contribution is 7.90. The number of nitrogens with zero attached hydrogens (tertiary/aromatic N) is 5. The third kappa shape index (κ3) is 6.56. The van der Waals surface area contributed by atoms with E-state index in [0.29, 0.717) is 66.5 Å². The number of sulfone groups is 1. The molecule has 0 saturated carbocycles. The van der Waals surface area contributed by atoms with Gasteiger partial charge in [0.1, 0.15) is 26.8 Å². The van der Waals surface area contributed by atoms with E-state index in [4.69, 9.17) is 37.7 Å². The number of carbonyl (C=O) groups excluding carboxylic acids is 1. The van der Waals surface area contributed by atoms with Gasteiger partial charge in [-0.15, -0.1) is 0 Å². The average Bonchev–Trinajstić information content (AvgIpc) is 3.28. The topological polar surface area (TPSA) is 105 Å². The zero-order chi connectivity index (χ0) is 33.3. The van der Waals surface area contributed by atoms with Crippen LogP contribution >= 0.6 is 23.2 Å². The number of amides is 2. The van der Waals surface area contributed by atoms with Crippen LogP contribution in [0.2, 0.25) is 10.0 Å². The number of piperazine rings is 1. The van der Waals surface area contributed by atoms with E-state index < -0.39 is 20.9 Å². The average molecular weight is 689 g/mol. The van der Waals surface area contributed by atoms with Gasteiger partial charge in [-0.2, -0.15) is 4.98 Å². The van der Waals surface area contributed by atoms with Gasteiger partial charge in [0.15, 0.2) is 0 Å². The van der Waals surface area contributed by atoms with Crippen molar-refractivity contribution in [2.45, 2.75) is 31.3 Å². The third-order valence-corrected chi connectivity index (χ3v) is 10.6. The fourth-order valence-corrected chi connectivity index (χ4v) is 7.19. The SMILES string of the molecule is COc1ccc(C2=N[C@@](C)(c3ccc(Cl)cc3)[C@](C)(c3ccc(Cl)cc3)N2C(=O)N2CCN(CCCS(C)(=O)=O)CC2)c(OC)n1. The van der Waals surface area contributed by atoms with Crippen LogP contribution in [0, 0.1) is 0 Å². The fourth-order valence-electron chi connectivity index (χ4n) is 6.28. The predicted molar refractivity (Wildman–Crippen MR) is 181 cm³/mol. The molecule has 0 radical (unpaired) electrons. The number of aliphatic imine (C=N–C) groups is 1. The smallest absolute Gasteiger partial charge is 0.326 e. The summed E-state index contributed by atoms with van der Waals surface area (Å²) < 4.78 is 34.4. The summed E-state index contributed by atoms with van der Waals surface area (Å²) in [6.07, 6.45) is 1.80. The Morgan fingerprint density at radius 3 is 2.00 bits per heavy atom. The van der Waals surface area contributed by atoms with Crippen molar-refractivity contribution in [1.29, 1.82) is 0 Å². The van der Waals surface area contributed by atoms with Crippen LogP contribution < -0.4 is 9.47 Å². The summed E-state index contributed by atoms with van der Waals surface area (Å²) in [5.41, 5.74) is 0.193. The molecule has 2 aliphatic heterocycles. The number of ether oxygens (including phenoxy) is 2. The van der Waals surface area contributed by atoms with E-state index in [1.807, 2.05) is 67.3 Å². The first-order chi connectivity index (χ1) is 21.8. The Bertz CT molecular complexity index is 1710. The normalized spacial score (nSPS) is 22.1. The van der Waals surface area contributed by atoms with Gasteiger partial charge in [0.2, 0.25) is 11.8 Å². The first kappa shape index (κ1) is 34.0. The molecular weight excluding hydrogens is 649 g/mol. The minimum Gasteiger partial charge on any atom is -0.481 e. The van der Waals surface area contributed by atoms with E-state index >= 15 is 0 Å². The molecule has 3 aromatic rings. The Labute approximate surface area is 280 Å². The van der Waals surface area contributed by atoms with E-state index in [1.165, 1.54) is 20.5 Å². The van der Waals surface area contributed by atoms with Crippen molar-refractivity contribution in [1.82, 2.24) is 19.7 Å². The molecule has 1 aromatic heterocycles. The molecule has 2 amide bonds. The summed E-state index contributed by atoms with van der Waals surface area (Å²) in [4.78, 5) is 30.6. The number of urea groups is 1. The van der Waals surface area contributed by atoms with Gasteiger partial charge in [0.05, 0.1) is 25.5 Å². The van der Waals surface area contributed by atoms with Crippen LogP contribution in [0.1, 0.15) is 37.0 Å². The van der Waals surface area contributed by atoms with Crippen LogP contribution in [0.15, 0.2) is 65.7 Å². The van der Waals surface area contributed by atoms with Crippen molar-refractivity contribution >= 4 is 44.9 Å². The molecule has 0 unspecified atom stereocenters. The van der Waals surface area contributed by atoms with Crippen LogP contribution in [0.3, 0.4) is 0 Å². The maximum Gasteiger partial charge on any atom is 0.326 e. The van der Waals surface area contributed by atoms with Crippen LogP contribution in [0.4, 0.5) is 4.79 Å². The van der Waals surface area contributed by atoms with Gasteiger partial charge in [-0.05, 0) is 68.3 Å². The standard InChI is InChI=1S/C33H39Cl2N5O5S/c1-32(23-7-11-25(34)12-8-23)33(2,24-9-13-26(35)14-10-24)40(29(37-32)27-15-16-28(44-3)36-30(27)45-4)31(41)39-20-18-38(19-21-39)17-6-22-46(5,42)43/h7-16H,6,17-22H2,1-5H3/t32-,33-/m0/s1. The van der Waals surface area contributed by atoms with Gasteiger partial charge < -0.3 is 14.4 Å². The highest BCUT2D eigenvalue weighted by Crippen LogP contribution is 2.54. The number of rotatable bonds is 9. The summed E-state index contributed by atoms with van der Waals surface area (Å²) >= 11 is 12.7. The Balaban J connectivity index is 1.61. The largest absolute Gasteiger partial charge is 0.481 e. The molecule has 2 atom stereocenters. The molecule has 1 fully saturated rings. The highest BCUT2D eigenvalue weighted by atomic mass is 35.5. The summed E-state index contributed by atoms with van der Waals surface area (Å²) in [7, 11) is 0.0173. The molecule has 5 rings (SSSR count). The maximum absolute atomic E-state index is 14.9. The summed E-state index contributed by atoms with van der Waals surface area (Å²) in [6.45, 7) is 6.86. The van der Waals surface area contributed by atoms with Gasteiger partial charge in [0.25, 0.3) is 0 Å². The minimum atomic E-state index is -3.03. The lowest BCUT2D eigenvalue weighted by molar-refractivity contribution is 0.0868. The van der Waals surface area contributed by atoms with Crippen molar-refractivity contribution in [2.24, 2.45) is 4.99 Å². The lowest BCUT2D eigenvalue weighted by atomic mass is 9.71. The molecule has 46 heavy (non-hydrogen) atoms. The molecule has 0 bridgehead atoms. The second kappa shape index (κ2) is 13.4. The number of hydrogen-bond donors (Lipinski definition) is 0. The van der Waals surface area contributed by atoms with Crippen molar-refractivity contribution in [3.8, 4) is 11.8 Å². The van der Waals surface area contributed by atoms with E-state index in [0.717, 1.165) is 11.1 Å². The van der Waals surface area contributed by atoms with Crippen molar-refractivity contribution < 1.29 is 22.7 Å². The molecule has 10 nitrogen and oxygen atoms in total. The number of aromatic nitrogens is 1. The molecule has 1 saturated heterocycles. The molecule has 3 heterocycles. The van der Waals surface area contributed by atoms with Crippen molar-refractivity contribution in [3.05, 3.63) is 87.4 Å². The molecule has 13 heteroatoms. The second-order valence-corrected chi connectivity index (χ2v) is 15.1. The molecule has 0 N–H and O–H groups in total. The van der Waals surface area contributed by atoms with Crippen LogP contribution in [0.5, 0.6) is 11.8 Å². The summed E-state index contributed by atoms with van der Waals surface area (Å²) in [5.74, 6) is 1.18. The molecular formula is C33H39Cl2N5O5S. The first-order valence-electron chi connectivity index (χ1n) is 15.0. The van der Waals surface area contributed by atoms with Crippen LogP contribution in [-0.4, -0.2) is 98.9 Å². The van der Waals surface area contributed by atoms with E-state index in [1.54, 1.807) is 17.0 Å². The lowest BCUT2D eigenvalue weighted by Gasteiger charge is -2.47. The van der Waals surface area contributed by atoms with Crippen molar-refractivity contribution in [3.63, 3.8) is 0 Å². The van der Waals surface area contributed by atoms with E-state index in [9.17, 15) is 13.2 Å². The second-order valence-electron chi connectivity index (χ2n) is 11.9. The first-order valence-corrected chi connectivity index (χ1v) is 17.8. The number of methoxy groups -OCH3 is 2. The molecule has 246 valence electrons. The van der Waals surface area contributed by atoms with Crippen LogP contribution in [-0.2, 0) is 20.9 Å². The number of carbonyl (C=O) groups is 1. The Hall–Kier alpha value is -3.38. The summed E-state index contributed by atoms with van der Waals surface area (Å²) in [5, 5.41) is 1.16. The molecule has 2 aliphatic rings. The Morgan fingerprint density at radius 2 is 1.46 bits per heavy atom. The van der Waals surface area contributed by atoms with Crippen molar-refractivity contribution in [2.75, 3.05) is 59.0 Å². The zero-order valence-electron chi connectivity index (χ0n) is 26.7. The van der Waals surface area contributed by atoms with Crippen LogP contribution in [0.25, 0.3) is 0 Å². The summed E-state index contributed by atoms with van der Waals surface area (Å²) in [6, 6.07) is 18.3. The van der Waals surface area contributed by atoms with Gasteiger partial charge in [-0.3, -0.25) is 14.8 Å². The zero-order valence-corrected chi connectivity index (χ0v) is 29.0. The van der Waals surface area contributed by atoms with Gasteiger partial charge in [-0.1, -0.05) is 47.5 Å². The quantitative estimate of drug-likeness (QED) is 0.294. The number of hydrogen-bond acceptors (Lipinski definition) is 8. The number of amidine groups is 1. The molecule has 0 spiro atoms. The number of benzene rings is 2. The van der Waals surface area contributed by atoms with Gasteiger partial charge in [0, 0.05) is 48.5 Å². The maximum atomic E-state index is 14.9. The number of pyridine rings is 1. The molecule has 0 aliphatic carbocycles. The third-order valence-electron chi connectivity index (χ3n) is 9.05. The van der Waals surface area contributed by atoms with E-state index in [2.05, 4.69) is 9.88 Å². The highest BCUT2D eigenvalue weighted by Gasteiger charge is 2.60. The van der Waals surface area contributed by atoms with Gasteiger partial charge in [-0.25, -0.2) is 13.2 Å². The number of halogens is 2. The molecule has 2 aromatic carbocycles.